The average molecular weight is 319 g/mol. The van der Waals surface area contributed by atoms with Gasteiger partial charge in [0.05, 0.1) is 6.61 Å². The van der Waals surface area contributed by atoms with E-state index in [1.165, 1.54) is 19.2 Å². The number of rotatable bonds is 6. The largest absolute Gasteiger partial charge is 0.477 e. The summed E-state index contributed by atoms with van der Waals surface area (Å²) in [6, 6.07) is 4.66. The number of carbonyl (C=O) groups excluding carboxylic acids is 2. The molecular weight excluding hydrogens is 302 g/mol. The van der Waals surface area contributed by atoms with Gasteiger partial charge in [-0.05, 0) is 32.9 Å². The van der Waals surface area contributed by atoms with Crippen molar-refractivity contribution in [2.75, 3.05) is 11.9 Å². The van der Waals surface area contributed by atoms with Crippen LogP contribution in [0.4, 0.5) is 5.82 Å². The highest BCUT2D eigenvalue weighted by Gasteiger charge is 2.22. The van der Waals surface area contributed by atoms with Crippen molar-refractivity contribution in [3.05, 3.63) is 35.7 Å². The molecule has 2 aromatic heterocycles. The van der Waals surface area contributed by atoms with E-state index < -0.39 is 18.0 Å². The number of ether oxygens (including phenoxy) is 2. The molecule has 0 saturated carbocycles. The molecule has 0 aliphatic heterocycles. The summed E-state index contributed by atoms with van der Waals surface area (Å²) in [6.07, 6.45) is 0.486. The molecule has 1 amide bonds. The van der Waals surface area contributed by atoms with E-state index in [2.05, 4.69) is 15.5 Å². The minimum atomic E-state index is -1.02. The average Bonchev–Trinajstić information content (AvgIpc) is 2.93. The lowest BCUT2D eigenvalue weighted by Gasteiger charge is -2.13. The summed E-state index contributed by atoms with van der Waals surface area (Å²) in [7, 11) is 0. The van der Waals surface area contributed by atoms with Crippen molar-refractivity contribution in [3.8, 4) is 5.88 Å². The topological polar surface area (TPSA) is 104 Å². The molecule has 1 N–H and O–H groups in total. The summed E-state index contributed by atoms with van der Waals surface area (Å²) in [6.45, 7) is 5.29. The van der Waals surface area contributed by atoms with Crippen LogP contribution in [-0.4, -0.2) is 34.7 Å². The van der Waals surface area contributed by atoms with E-state index in [-0.39, 0.29) is 17.3 Å². The molecule has 23 heavy (non-hydrogen) atoms. The number of aryl methyl sites for hydroxylation is 1. The molecule has 8 heteroatoms. The maximum absolute atomic E-state index is 12.2. The van der Waals surface area contributed by atoms with E-state index >= 15 is 0 Å². The van der Waals surface area contributed by atoms with Gasteiger partial charge in [-0.25, -0.2) is 9.78 Å². The van der Waals surface area contributed by atoms with E-state index in [1.807, 2.05) is 0 Å². The van der Waals surface area contributed by atoms with Gasteiger partial charge in [0, 0.05) is 12.3 Å². The first-order valence-corrected chi connectivity index (χ1v) is 7.04. The molecule has 0 radical (unpaired) electrons. The number of esters is 1. The minimum absolute atomic E-state index is 0.159. The fourth-order valence-corrected chi connectivity index (χ4v) is 1.73. The van der Waals surface area contributed by atoms with Gasteiger partial charge in [0.15, 0.2) is 11.9 Å². The predicted octanol–water partition coefficient (Wildman–Crippen LogP) is 1.96. The van der Waals surface area contributed by atoms with Crippen molar-refractivity contribution in [3.63, 3.8) is 0 Å². The van der Waals surface area contributed by atoms with Crippen LogP contribution in [0.15, 0.2) is 28.9 Å². The Morgan fingerprint density at radius 2 is 2.22 bits per heavy atom. The summed E-state index contributed by atoms with van der Waals surface area (Å²) >= 11 is 0. The van der Waals surface area contributed by atoms with E-state index in [9.17, 15) is 9.59 Å². The Labute approximate surface area is 132 Å². The first kappa shape index (κ1) is 16.5. The van der Waals surface area contributed by atoms with Gasteiger partial charge in [-0.3, -0.25) is 4.79 Å². The summed E-state index contributed by atoms with van der Waals surface area (Å²) in [5, 5.41) is 6.13. The molecule has 2 heterocycles. The second kappa shape index (κ2) is 7.39. The van der Waals surface area contributed by atoms with Gasteiger partial charge in [0.25, 0.3) is 5.91 Å². The quantitative estimate of drug-likeness (QED) is 0.812. The molecule has 122 valence electrons. The lowest BCUT2D eigenvalue weighted by Crippen LogP contribution is -2.30. The fourth-order valence-electron chi connectivity index (χ4n) is 1.73. The summed E-state index contributed by atoms with van der Waals surface area (Å²) < 4.78 is 15.2. The second-order valence-electron chi connectivity index (χ2n) is 4.65. The summed E-state index contributed by atoms with van der Waals surface area (Å²) in [4.78, 5) is 28.1. The number of nitrogens with one attached hydrogen (secondary N) is 1. The van der Waals surface area contributed by atoms with Gasteiger partial charge >= 0.3 is 5.97 Å². The van der Waals surface area contributed by atoms with Gasteiger partial charge in [-0.1, -0.05) is 5.16 Å². The van der Waals surface area contributed by atoms with Crippen LogP contribution < -0.4 is 10.1 Å². The van der Waals surface area contributed by atoms with Crippen LogP contribution in [0.1, 0.15) is 30.0 Å². The van der Waals surface area contributed by atoms with Gasteiger partial charge in [0.2, 0.25) is 5.88 Å². The maximum Gasteiger partial charge on any atom is 0.344 e. The van der Waals surface area contributed by atoms with Gasteiger partial charge in [-0.2, -0.15) is 0 Å². The van der Waals surface area contributed by atoms with Crippen LogP contribution in [0.3, 0.4) is 0 Å². The Morgan fingerprint density at radius 3 is 2.87 bits per heavy atom. The molecule has 2 aromatic rings. The number of nitrogens with zero attached hydrogens (tertiary/aromatic N) is 2. The minimum Gasteiger partial charge on any atom is -0.477 e. The fraction of sp³-hybridized carbons (Fsp3) is 0.333. The normalized spacial score (nSPS) is 11.6. The molecule has 2 rings (SSSR count). The first-order chi connectivity index (χ1) is 11.0. The van der Waals surface area contributed by atoms with Crippen LogP contribution >= 0.6 is 0 Å². The van der Waals surface area contributed by atoms with E-state index in [0.717, 1.165) is 0 Å². The zero-order valence-corrected chi connectivity index (χ0v) is 13.0. The molecule has 8 nitrogen and oxygen atoms in total. The third-order valence-corrected chi connectivity index (χ3v) is 2.80. The highest BCUT2D eigenvalue weighted by molar-refractivity contribution is 5.97. The summed E-state index contributed by atoms with van der Waals surface area (Å²) in [5.74, 6) is -0.234. The lowest BCUT2D eigenvalue weighted by molar-refractivity contribution is -0.123. The standard InChI is InChI=1S/C15H17N3O5/c1-4-21-14-11(6-5-7-16-14)15(20)22-10(3)13(19)17-12-8-9(2)23-18-12/h5-8,10H,4H2,1-3H3,(H,17,18,19). The zero-order chi connectivity index (χ0) is 16.8. The molecule has 0 aliphatic rings. The highest BCUT2D eigenvalue weighted by Crippen LogP contribution is 2.16. The third-order valence-electron chi connectivity index (χ3n) is 2.80. The first-order valence-electron chi connectivity index (χ1n) is 7.04. The molecule has 0 saturated heterocycles. The Morgan fingerprint density at radius 1 is 1.43 bits per heavy atom. The second-order valence-corrected chi connectivity index (χ2v) is 4.65. The van der Waals surface area contributed by atoms with E-state index in [4.69, 9.17) is 14.0 Å². The van der Waals surface area contributed by atoms with Gasteiger partial charge in [0.1, 0.15) is 11.3 Å². The number of carbonyl (C=O) groups is 2. The van der Waals surface area contributed by atoms with Crippen molar-refractivity contribution >= 4 is 17.7 Å². The molecule has 1 unspecified atom stereocenters. The van der Waals surface area contributed by atoms with Crippen LogP contribution in [-0.2, 0) is 9.53 Å². The maximum atomic E-state index is 12.2. The Hall–Kier alpha value is -2.90. The summed E-state index contributed by atoms with van der Waals surface area (Å²) in [5.41, 5.74) is 0.159. The lowest BCUT2D eigenvalue weighted by atomic mass is 10.2. The molecule has 0 bridgehead atoms. The number of hydrogen-bond donors (Lipinski definition) is 1. The van der Waals surface area contributed by atoms with Crippen LogP contribution in [0, 0.1) is 6.92 Å². The van der Waals surface area contributed by atoms with Crippen molar-refractivity contribution in [2.24, 2.45) is 0 Å². The van der Waals surface area contributed by atoms with Gasteiger partial charge in [-0.15, -0.1) is 0 Å². The molecular formula is C15H17N3O5. The number of aromatic nitrogens is 2. The molecule has 0 fully saturated rings. The zero-order valence-electron chi connectivity index (χ0n) is 13.0. The third kappa shape index (κ3) is 4.29. The monoisotopic (exact) mass is 319 g/mol. The Bertz CT molecular complexity index is 698. The predicted molar refractivity (Wildman–Crippen MR) is 80.2 cm³/mol. The van der Waals surface area contributed by atoms with Crippen molar-refractivity contribution in [1.82, 2.24) is 10.1 Å². The van der Waals surface area contributed by atoms with Crippen LogP contribution in [0.5, 0.6) is 5.88 Å². The van der Waals surface area contributed by atoms with Crippen molar-refractivity contribution in [1.29, 1.82) is 0 Å². The van der Waals surface area contributed by atoms with Crippen LogP contribution in [0.2, 0.25) is 0 Å². The number of amides is 1. The van der Waals surface area contributed by atoms with E-state index in [1.54, 1.807) is 26.0 Å². The smallest absolute Gasteiger partial charge is 0.344 e. The number of hydrogen-bond acceptors (Lipinski definition) is 7. The number of anilines is 1. The molecule has 0 aliphatic carbocycles. The van der Waals surface area contributed by atoms with E-state index in [0.29, 0.717) is 12.4 Å². The SMILES string of the molecule is CCOc1ncccc1C(=O)OC(C)C(=O)Nc1cc(C)on1. The molecule has 0 spiro atoms. The van der Waals surface area contributed by atoms with Gasteiger partial charge < -0.3 is 19.3 Å². The molecule has 1 atom stereocenters. The molecule has 0 aromatic carbocycles. The Balaban J connectivity index is 2.00. The van der Waals surface area contributed by atoms with Crippen molar-refractivity contribution < 1.29 is 23.6 Å². The highest BCUT2D eigenvalue weighted by atomic mass is 16.6. The van der Waals surface area contributed by atoms with Crippen molar-refractivity contribution in [2.45, 2.75) is 26.9 Å². The number of pyridine rings is 1. The van der Waals surface area contributed by atoms with Crippen LogP contribution in [0.25, 0.3) is 0 Å². The Kier molecular flexibility index (Phi) is 5.29.